The average molecular weight is 439 g/mol. The summed E-state index contributed by atoms with van der Waals surface area (Å²) in [5.41, 5.74) is 2.09. The second kappa shape index (κ2) is 7.57. The van der Waals surface area contributed by atoms with Crippen molar-refractivity contribution in [2.75, 3.05) is 0 Å². The average Bonchev–Trinajstić information content (AvgIpc) is 3.01. The van der Waals surface area contributed by atoms with E-state index in [0.717, 1.165) is 21.5 Å². The predicted molar refractivity (Wildman–Crippen MR) is 147 cm³/mol. The fourth-order valence-electron chi connectivity index (χ4n) is 4.95. The van der Waals surface area contributed by atoms with E-state index in [2.05, 4.69) is 0 Å². The van der Waals surface area contributed by atoms with Crippen molar-refractivity contribution >= 4 is 43.1 Å². The van der Waals surface area contributed by atoms with Gasteiger partial charge in [-0.25, -0.2) is 0 Å². The molecule has 7 rings (SSSR count). The summed E-state index contributed by atoms with van der Waals surface area (Å²) in [5, 5.41) is 4.08. The zero-order valence-electron chi connectivity index (χ0n) is 26.1. The Morgan fingerprint density at radius 1 is 0.412 bits per heavy atom. The van der Waals surface area contributed by atoms with Gasteiger partial charge in [-0.05, 0) is 71.4 Å². The van der Waals surface area contributed by atoms with Crippen LogP contribution < -0.4 is 0 Å². The van der Waals surface area contributed by atoms with Crippen LogP contribution in [0.1, 0.15) is 11.0 Å². The highest BCUT2D eigenvalue weighted by atomic mass is 14.2. The van der Waals surface area contributed by atoms with E-state index in [1.165, 1.54) is 0 Å². The Morgan fingerprint density at radius 2 is 1.03 bits per heavy atom. The van der Waals surface area contributed by atoms with Gasteiger partial charge in [0.2, 0.25) is 0 Å². The van der Waals surface area contributed by atoms with Gasteiger partial charge in [-0.15, -0.1) is 0 Å². The molecule has 0 N–H and O–H groups in total. The molecule has 0 bridgehead atoms. The SMILES string of the molecule is [2H]c1c([2H])c([2H])c2c(-c3cccc4ccccc34)c3c(-c4cccc5ccccc45)c([2H])c([2H])c([2H])c3c([2H])c2c1[2H]. The second-order valence-corrected chi connectivity index (χ2v) is 8.30. The van der Waals surface area contributed by atoms with Crippen molar-refractivity contribution in [3.8, 4) is 22.3 Å². The third-order valence-corrected chi connectivity index (χ3v) is 6.43. The van der Waals surface area contributed by atoms with Gasteiger partial charge in [-0.2, -0.15) is 0 Å². The third-order valence-electron chi connectivity index (χ3n) is 6.43. The van der Waals surface area contributed by atoms with Gasteiger partial charge in [0.15, 0.2) is 0 Å². The molecule has 0 spiro atoms. The molecule has 0 radical (unpaired) electrons. The fourth-order valence-corrected chi connectivity index (χ4v) is 4.95. The first-order valence-corrected chi connectivity index (χ1v) is 11.1. The summed E-state index contributed by atoms with van der Waals surface area (Å²) in [6.07, 6.45) is 0. The lowest BCUT2D eigenvalue weighted by molar-refractivity contribution is 1.68. The molecule has 0 nitrogen and oxygen atoms in total. The highest BCUT2D eigenvalue weighted by molar-refractivity contribution is 6.21. The topological polar surface area (TPSA) is 0 Å². The Balaban J connectivity index is 1.88. The zero-order valence-corrected chi connectivity index (χ0v) is 18.1. The molecule has 7 aromatic carbocycles. The number of rotatable bonds is 2. The lowest BCUT2D eigenvalue weighted by atomic mass is 9.85. The van der Waals surface area contributed by atoms with Gasteiger partial charge >= 0.3 is 0 Å². The van der Waals surface area contributed by atoms with Gasteiger partial charge < -0.3 is 0 Å². The molecule has 0 fully saturated rings. The molecule has 0 saturated carbocycles. The van der Waals surface area contributed by atoms with Crippen LogP contribution in [0.4, 0.5) is 0 Å². The van der Waals surface area contributed by atoms with Crippen molar-refractivity contribution in [1.82, 2.24) is 0 Å². The summed E-state index contributed by atoms with van der Waals surface area (Å²) in [6.45, 7) is 0. The van der Waals surface area contributed by atoms with Crippen LogP contribution in [0, 0.1) is 0 Å². The summed E-state index contributed by atoms with van der Waals surface area (Å²) in [7, 11) is 0. The highest BCUT2D eigenvalue weighted by Crippen LogP contribution is 2.44. The van der Waals surface area contributed by atoms with E-state index in [-0.39, 0.29) is 52.4 Å². The second-order valence-electron chi connectivity index (χ2n) is 8.30. The molecule has 0 heteroatoms. The van der Waals surface area contributed by atoms with Crippen molar-refractivity contribution in [1.29, 1.82) is 0 Å². The normalized spacial score (nSPS) is 14.8. The number of hydrogen-bond donors (Lipinski definition) is 0. The minimum Gasteiger partial charge on any atom is -0.0616 e. The van der Waals surface area contributed by atoms with Crippen LogP contribution in [-0.2, 0) is 0 Å². The predicted octanol–water partition coefficient (Wildman–Crippen LogP) is 9.63. The van der Waals surface area contributed by atoms with Crippen LogP contribution in [0.3, 0.4) is 0 Å². The minimum absolute atomic E-state index is 0.00839. The largest absolute Gasteiger partial charge is 0.0636 e. The van der Waals surface area contributed by atoms with Crippen LogP contribution in [-0.4, -0.2) is 0 Å². The molecule has 0 saturated heterocycles. The first-order chi connectivity index (χ1) is 20.2. The monoisotopic (exact) mass is 438 g/mol. The van der Waals surface area contributed by atoms with Crippen molar-refractivity contribution < 1.29 is 11.0 Å². The molecular formula is C34H22. The molecule has 0 atom stereocenters. The summed E-state index contributed by atoms with van der Waals surface area (Å²) in [5.74, 6) is 0. The first kappa shape index (κ1) is 12.7. The molecule has 0 aromatic heterocycles. The molecule has 0 heterocycles. The van der Waals surface area contributed by atoms with E-state index in [9.17, 15) is 2.74 Å². The molecule has 0 unspecified atom stereocenters. The molecule has 158 valence electrons. The van der Waals surface area contributed by atoms with E-state index < -0.39 is 12.1 Å². The van der Waals surface area contributed by atoms with Gasteiger partial charge in [-0.3, -0.25) is 0 Å². The minimum atomic E-state index is -0.465. The summed E-state index contributed by atoms with van der Waals surface area (Å²) in [6, 6.07) is 24.1. The molecule has 0 aliphatic heterocycles. The van der Waals surface area contributed by atoms with E-state index in [1.807, 2.05) is 84.9 Å². The summed E-state index contributed by atoms with van der Waals surface area (Å²) < 4.78 is 71.0. The van der Waals surface area contributed by atoms with Gasteiger partial charge in [0, 0.05) is 0 Å². The molecule has 0 aliphatic rings. The van der Waals surface area contributed by atoms with Crippen molar-refractivity contribution in [2.45, 2.75) is 0 Å². The Hall–Kier alpha value is -4.42. The van der Waals surface area contributed by atoms with Crippen molar-refractivity contribution in [2.24, 2.45) is 0 Å². The van der Waals surface area contributed by atoms with Crippen LogP contribution in [0.25, 0.3) is 65.3 Å². The number of fused-ring (bicyclic) bond motifs is 4. The Bertz CT molecular complexity index is 2280. The maximum absolute atomic E-state index is 9.28. The van der Waals surface area contributed by atoms with Crippen molar-refractivity contribution in [3.05, 3.63) is 133 Å². The third kappa shape index (κ3) is 2.86. The van der Waals surface area contributed by atoms with E-state index in [4.69, 9.17) is 8.22 Å². The molecule has 34 heavy (non-hydrogen) atoms. The number of benzene rings is 7. The number of hydrogen-bond acceptors (Lipinski definition) is 0. The quantitative estimate of drug-likeness (QED) is 0.236. The van der Waals surface area contributed by atoms with Crippen LogP contribution in [0.5, 0.6) is 0 Å². The van der Waals surface area contributed by atoms with Gasteiger partial charge in [-0.1, -0.05) is 127 Å². The molecule has 0 amide bonds. The summed E-state index contributed by atoms with van der Waals surface area (Å²) >= 11 is 0. The van der Waals surface area contributed by atoms with E-state index in [1.54, 1.807) is 0 Å². The van der Waals surface area contributed by atoms with E-state index in [0.29, 0.717) is 27.6 Å². The summed E-state index contributed by atoms with van der Waals surface area (Å²) in [4.78, 5) is 0. The highest BCUT2D eigenvalue weighted by Gasteiger charge is 2.17. The fraction of sp³-hybridized carbons (Fsp3) is 0. The molecular weight excluding hydrogens is 408 g/mol. The lowest BCUT2D eigenvalue weighted by Crippen LogP contribution is -1.91. The van der Waals surface area contributed by atoms with E-state index >= 15 is 0 Å². The molecule has 7 aromatic rings. The Morgan fingerprint density at radius 3 is 1.82 bits per heavy atom. The standard InChI is InChI=1S/C34H22/c1-4-16-27-23(10-1)13-7-19-30(27)32-21-9-15-26-22-25-12-3-6-18-29(25)34(33(26)32)31-20-8-14-24-11-2-5-17-28(24)31/h1-22H/i3D,6D,9D,12D,15D,18D,21D,22D. The Labute approximate surface area is 210 Å². The van der Waals surface area contributed by atoms with Gasteiger partial charge in [0.25, 0.3) is 0 Å². The van der Waals surface area contributed by atoms with Crippen LogP contribution >= 0.6 is 0 Å². The van der Waals surface area contributed by atoms with Crippen LogP contribution in [0.2, 0.25) is 0 Å². The maximum atomic E-state index is 9.28. The maximum Gasteiger partial charge on any atom is 0.0636 e. The molecule has 0 aliphatic carbocycles. The Kier molecular flexibility index (Phi) is 2.83. The smallest absolute Gasteiger partial charge is 0.0616 e. The lowest BCUT2D eigenvalue weighted by Gasteiger charge is -2.18. The van der Waals surface area contributed by atoms with Crippen molar-refractivity contribution in [3.63, 3.8) is 0 Å². The van der Waals surface area contributed by atoms with Gasteiger partial charge in [0.05, 0.1) is 11.0 Å². The van der Waals surface area contributed by atoms with Gasteiger partial charge in [0.1, 0.15) is 0 Å². The zero-order chi connectivity index (χ0) is 29.4. The van der Waals surface area contributed by atoms with Crippen LogP contribution in [0.15, 0.2) is 133 Å². The first-order valence-electron chi connectivity index (χ1n) is 15.1.